The summed E-state index contributed by atoms with van der Waals surface area (Å²) in [5.41, 5.74) is 6.13. The van der Waals surface area contributed by atoms with Gasteiger partial charge in [-0.3, -0.25) is 0 Å². The molecule has 19 heavy (non-hydrogen) atoms. The first-order valence-electron chi connectivity index (χ1n) is 6.55. The van der Waals surface area contributed by atoms with Crippen LogP contribution in [-0.2, 0) is 0 Å². The molecule has 0 aliphatic heterocycles. The first kappa shape index (κ1) is 11.8. The molecule has 0 amide bonds. The lowest BCUT2D eigenvalue weighted by Crippen LogP contribution is -1.74. The Kier molecular flexibility index (Phi) is 2.96. The molecule has 0 fully saturated rings. The summed E-state index contributed by atoms with van der Waals surface area (Å²) in [5.74, 6) is 0. The van der Waals surface area contributed by atoms with Crippen molar-refractivity contribution in [1.29, 1.82) is 0 Å². The molecule has 0 atom stereocenters. The van der Waals surface area contributed by atoms with E-state index in [1.807, 2.05) is 0 Å². The summed E-state index contributed by atoms with van der Waals surface area (Å²) in [6.45, 7) is 4.22. The number of nitrogens with one attached hydrogen (secondary N) is 1. The SMILES string of the molecule is Cc1ccc(/C=C/c2cc3ccc(C)cc3[nH]2)cc1. The van der Waals surface area contributed by atoms with Crippen molar-refractivity contribution in [3.05, 3.63) is 70.9 Å². The van der Waals surface area contributed by atoms with Crippen LogP contribution in [0.15, 0.2) is 48.5 Å². The molecule has 0 spiro atoms. The van der Waals surface area contributed by atoms with Crippen molar-refractivity contribution < 1.29 is 0 Å². The van der Waals surface area contributed by atoms with Crippen LogP contribution in [0, 0.1) is 13.8 Å². The first-order valence-corrected chi connectivity index (χ1v) is 6.55. The quantitative estimate of drug-likeness (QED) is 0.659. The van der Waals surface area contributed by atoms with Gasteiger partial charge in [-0.15, -0.1) is 0 Å². The highest BCUT2D eigenvalue weighted by molar-refractivity contribution is 5.84. The van der Waals surface area contributed by atoms with E-state index in [1.54, 1.807) is 0 Å². The lowest BCUT2D eigenvalue weighted by Gasteiger charge is -1.94. The van der Waals surface area contributed by atoms with Gasteiger partial charge in [0.25, 0.3) is 0 Å². The van der Waals surface area contributed by atoms with Crippen molar-refractivity contribution >= 4 is 23.1 Å². The molecule has 0 aliphatic carbocycles. The lowest BCUT2D eigenvalue weighted by atomic mass is 10.1. The molecule has 94 valence electrons. The van der Waals surface area contributed by atoms with Gasteiger partial charge in [-0.05, 0) is 48.6 Å². The fourth-order valence-electron chi connectivity index (χ4n) is 2.22. The Morgan fingerprint density at radius 2 is 1.53 bits per heavy atom. The predicted octanol–water partition coefficient (Wildman–Crippen LogP) is 4.96. The van der Waals surface area contributed by atoms with Gasteiger partial charge in [-0.2, -0.15) is 0 Å². The Balaban J connectivity index is 1.90. The van der Waals surface area contributed by atoms with E-state index in [2.05, 4.69) is 79.5 Å². The second-order valence-corrected chi connectivity index (χ2v) is 5.06. The molecule has 3 aromatic rings. The van der Waals surface area contributed by atoms with Crippen LogP contribution in [0.4, 0.5) is 0 Å². The normalized spacial score (nSPS) is 11.5. The number of fused-ring (bicyclic) bond motifs is 1. The molecule has 0 unspecified atom stereocenters. The minimum absolute atomic E-state index is 1.14. The smallest absolute Gasteiger partial charge is 0.0461 e. The largest absolute Gasteiger partial charge is 0.355 e. The predicted molar refractivity (Wildman–Crippen MR) is 83.1 cm³/mol. The summed E-state index contributed by atoms with van der Waals surface area (Å²) in [5, 5.41) is 1.26. The molecule has 0 saturated carbocycles. The maximum absolute atomic E-state index is 3.43. The Hall–Kier alpha value is -2.28. The molecule has 2 aromatic carbocycles. The van der Waals surface area contributed by atoms with E-state index in [9.17, 15) is 0 Å². The molecule has 1 heteroatoms. The summed E-state index contributed by atoms with van der Waals surface area (Å²) < 4.78 is 0. The van der Waals surface area contributed by atoms with E-state index in [4.69, 9.17) is 0 Å². The van der Waals surface area contributed by atoms with Crippen LogP contribution in [0.25, 0.3) is 23.1 Å². The Morgan fingerprint density at radius 1 is 0.789 bits per heavy atom. The highest BCUT2D eigenvalue weighted by Gasteiger charge is 1.98. The van der Waals surface area contributed by atoms with E-state index in [1.165, 1.54) is 27.6 Å². The summed E-state index contributed by atoms with van der Waals surface area (Å²) in [6.07, 6.45) is 4.26. The van der Waals surface area contributed by atoms with Crippen LogP contribution in [0.2, 0.25) is 0 Å². The van der Waals surface area contributed by atoms with Crippen LogP contribution in [0.1, 0.15) is 22.4 Å². The Bertz CT molecular complexity index is 730. The van der Waals surface area contributed by atoms with Gasteiger partial charge < -0.3 is 4.98 Å². The Labute approximate surface area is 113 Å². The van der Waals surface area contributed by atoms with Gasteiger partial charge in [0.2, 0.25) is 0 Å². The zero-order valence-corrected chi connectivity index (χ0v) is 11.3. The summed E-state index contributed by atoms with van der Waals surface area (Å²) >= 11 is 0. The van der Waals surface area contributed by atoms with Gasteiger partial charge in [0.15, 0.2) is 0 Å². The van der Waals surface area contributed by atoms with Gasteiger partial charge in [-0.25, -0.2) is 0 Å². The Morgan fingerprint density at radius 3 is 2.32 bits per heavy atom. The zero-order valence-electron chi connectivity index (χ0n) is 11.3. The maximum Gasteiger partial charge on any atom is 0.0461 e. The molecule has 1 heterocycles. The number of benzene rings is 2. The van der Waals surface area contributed by atoms with Crippen molar-refractivity contribution in [3.8, 4) is 0 Å². The summed E-state index contributed by atoms with van der Waals surface area (Å²) in [6, 6.07) is 17.2. The highest BCUT2D eigenvalue weighted by atomic mass is 14.7. The van der Waals surface area contributed by atoms with Gasteiger partial charge in [0, 0.05) is 11.2 Å². The van der Waals surface area contributed by atoms with E-state index in [0.29, 0.717) is 0 Å². The maximum atomic E-state index is 3.43. The molecular weight excluding hydrogens is 230 g/mol. The topological polar surface area (TPSA) is 15.8 Å². The number of hydrogen-bond acceptors (Lipinski definition) is 0. The second kappa shape index (κ2) is 4.77. The fraction of sp³-hybridized carbons (Fsp3) is 0.111. The average molecular weight is 247 g/mol. The summed E-state index contributed by atoms with van der Waals surface area (Å²) in [4.78, 5) is 3.43. The highest BCUT2D eigenvalue weighted by Crippen LogP contribution is 2.18. The van der Waals surface area contributed by atoms with E-state index >= 15 is 0 Å². The number of H-pyrrole nitrogens is 1. The third-order valence-electron chi connectivity index (χ3n) is 3.33. The van der Waals surface area contributed by atoms with Crippen molar-refractivity contribution in [1.82, 2.24) is 4.98 Å². The standard InChI is InChI=1S/C18H17N/c1-13-3-6-15(7-4-13)8-10-17-12-16-9-5-14(2)11-18(16)19-17/h3-12,19H,1-2H3/b10-8+. The van der Waals surface area contributed by atoms with Crippen LogP contribution in [-0.4, -0.2) is 4.98 Å². The van der Waals surface area contributed by atoms with Gasteiger partial charge in [0.1, 0.15) is 0 Å². The number of hydrogen-bond donors (Lipinski definition) is 1. The summed E-state index contributed by atoms with van der Waals surface area (Å²) in [7, 11) is 0. The number of aromatic amines is 1. The average Bonchev–Trinajstić information content (AvgIpc) is 2.80. The molecule has 0 aliphatic rings. The third kappa shape index (κ3) is 2.60. The molecule has 0 saturated heterocycles. The van der Waals surface area contributed by atoms with Crippen LogP contribution in [0.3, 0.4) is 0 Å². The van der Waals surface area contributed by atoms with Crippen LogP contribution >= 0.6 is 0 Å². The van der Waals surface area contributed by atoms with Crippen LogP contribution < -0.4 is 0 Å². The molecule has 3 rings (SSSR count). The van der Waals surface area contributed by atoms with Crippen molar-refractivity contribution in [2.45, 2.75) is 13.8 Å². The number of aromatic nitrogens is 1. The minimum Gasteiger partial charge on any atom is -0.355 e. The number of aryl methyl sites for hydroxylation is 2. The van der Waals surface area contributed by atoms with Gasteiger partial charge in [0.05, 0.1) is 0 Å². The van der Waals surface area contributed by atoms with E-state index in [0.717, 1.165) is 5.69 Å². The molecule has 1 nitrogen and oxygen atoms in total. The molecule has 1 N–H and O–H groups in total. The zero-order chi connectivity index (χ0) is 13.2. The first-order chi connectivity index (χ1) is 9.20. The van der Waals surface area contributed by atoms with E-state index in [-0.39, 0.29) is 0 Å². The third-order valence-corrected chi connectivity index (χ3v) is 3.33. The van der Waals surface area contributed by atoms with Crippen LogP contribution in [0.5, 0.6) is 0 Å². The van der Waals surface area contributed by atoms with Gasteiger partial charge >= 0.3 is 0 Å². The minimum atomic E-state index is 1.14. The number of rotatable bonds is 2. The van der Waals surface area contributed by atoms with Crippen molar-refractivity contribution in [2.75, 3.05) is 0 Å². The monoisotopic (exact) mass is 247 g/mol. The van der Waals surface area contributed by atoms with E-state index < -0.39 is 0 Å². The molecule has 0 bridgehead atoms. The van der Waals surface area contributed by atoms with Crippen molar-refractivity contribution in [2.24, 2.45) is 0 Å². The van der Waals surface area contributed by atoms with Gasteiger partial charge in [-0.1, -0.05) is 48.0 Å². The lowest BCUT2D eigenvalue weighted by molar-refractivity contribution is 1.41. The molecular formula is C18H17N. The second-order valence-electron chi connectivity index (χ2n) is 5.06. The van der Waals surface area contributed by atoms with Crippen molar-refractivity contribution in [3.63, 3.8) is 0 Å². The molecule has 0 radical (unpaired) electrons. The molecule has 1 aromatic heterocycles. The fourth-order valence-corrected chi connectivity index (χ4v) is 2.22.